The van der Waals surface area contributed by atoms with Gasteiger partial charge < -0.3 is 15.6 Å². The van der Waals surface area contributed by atoms with Crippen molar-refractivity contribution in [2.45, 2.75) is 9.79 Å². The number of hydrogen-bond acceptors (Lipinski definition) is 8. The Balaban J connectivity index is 2.53. The predicted molar refractivity (Wildman–Crippen MR) is 72.8 cm³/mol. The predicted octanol–water partition coefficient (Wildman–Crippen LogP) is 0.0247. The number of rotatable bonds is 4. The van der Waals surface area contributed by atoms with E-state index in [-0.39, 0.29) is 22.5 Å². The van der Waals surface area contributed by atoms with Crippen LogP contribution in [0.5, 0.6) is 0 Å². The van der Waals surface area contributed by atoms with Gasteiger partial charge in [0.1, 0.15) is 11.2 Å². The van der Waals surface area contributed by atoms with Crippen molar-refractivity contribution in [3.8, 4) is 0 Å². The first-order valence-corrected chi connectivity index (χ1v) is 7.76. The Kier molecular flexibility index (Phi) is 4.13. The molecule has 5 N–H and O–H groups in total. The highest BCUT2D eigenvalue weighted by Gasteiger charge is 2.18. The standard InChI is InChI=1S/C9H9N5O5S2/c10-8-11-4-12-9(14-8)13-6-3-5(20(15)16)1-2-7(6)21(17,18)19/h1-4H,(H,15,16)(H,17,18,19)(H3,10,11,12,13,14). The lowest BCUT2D eigenvalue weighted by Crippen LogP contribution is -2.07. The molecule has 112 valence electrons. The first-order valence-electron chi connectivity index (χ1n) is 5.21. The number of anilines is 3. The molecule has 0 fully saturated rings. The molecule has 0 spiro atoms. The molecule has 0 amide bonds. The Morgan fingerprint density at radius 2 is 2.00 bits per heavy atom. The van der Waals surface area contributed by atoms with Crippen molar-refractivity contribution in [2.24, 2.45) is 0 Å². The largest absolute Gasteiger partial charge is 0.368 e. The average Bonchev–Trinajstić information content (AvgIpc) is 2.37. The molecule has 2 aromatic rings. The number of nitrogens with one attached hydrogen (secondary N) is 1. The molecule has 2 rings (SSSR count). The topological polar surface area (TPSA) is 168 Å². The fourth-order valence-electron chi connectivity index (χ4n) is 1.43. The quantitative estimate of drug-likeness (QED) is 0.442. The third kappa shape index (κ3) is 3.69. The summed E-state index contributed by atoms with van der Waals surface area (Å²) in [4.78, 5) is 10.4. The maximum Gasteiger partial charge on any atom is 0.296 e. The van der Waals surface area contributed by atoms with Crippen molar-refractivity contribution in [3.63, 3.8) is 0 Å². The number of aromatic nitrogens is 3. The zero-order valence-electron chi connectivity index (χ0n) is 10.2. The van der Waals surface area contributed by atoms with Crippen molar-refractivity contribution in [3.05, 3.63) is 24.5 Å². The number of benzene rings is 1. The van der Waals surface area contributed by atoms with Crippen LogP contribution in [-0.2, 0) is 21.2 Å². The first kappa shape index (κ1) is 15.2. The van der Waals surface area contributed by atoms with Gasteiger partial charge >= 0.3 is 0 Å². The van der Waals surface area contributed by atoms with E-state index in [9.17, 15) is 12.6 Å². The van der Waals surface area contributed by atoms with E-state index in [0.29, 0.717) is 0 Å². The molecule has 0 saturated heterocycles. The van der Waals surface area contributed by atoms with Gasteiger partial charge in [-0.3, -0.25) is 4.55 Å². The second-order valence-electron chi connectivity index (χ2n) is 3.67. The lowest BCUT2D eigenvalue weighted by Gasteiger charge is -2.10. The van der Waals surface area contributed by atoms with Gasteiger partial charge in [0.05, 0.1) is 10.6 Å². The van der Waals surface area contributed by atoms with E-state index >= 15 is 0 Å². The van der Waals surface area contributed by atoms with Gasteiger partial charge in [-0.05, 0) is 18.2 Å². The van der Waals surface area contributed by atoms with Crippen molar-refractivity contribution >= 4 is 38.8 Å². The molecule has 0 radical (unpaired) electrons. The molecule has 0 aliphatic heterocycles. The van der Waals surface area contributed by atoms with E-state index in [1.807, 2.05) is 0 Å². The highest BCUT2D eigenvalue weighted by atomic mass is 32.2. The lowest BCUT2D eigenvalue weighted by molar-refractivity contribution is 0.483. The van der Waals surface area contributed by atoms with Crippen LogP contribution < -0.4 is 11.1 Å². The van der Waals surface area contributed by atoms with Crippen molar-refractivity contribution in [1.82, 2.24) is 15.0 Å². The van der Waals surface area contributed by atoms with Crippen LogP contribution in [0, 0.1) is 0 Å². The molecule has 1 aromatic heterocycles. The number of nitrogens with zero attached hydrogens (tertiary/aromatic N) is 3. The summed E-state index contributed by atoms with van der Waals surface area (Å²) in [6.45, 7) is 0. The van der Waals surface area contributed by atoms with Gasteiger partial charge in [0, 0.05) is 0 Å². The molecular weight excluding hydrogens is 322 g/mol. The lowest BCUT2D eigenvalue weighted by atomic mass is 10.3. The summed E-state index contributed by atoms with van der Waals surface area (Å²) in [5.74, 6) is -0.198. The molecule has 1 unspecified atom stereocenters. The van der Waals surface area contributed by atoms with Gasteiger partial charge in [-0.2, -0.15) is 13.4 Å². The van der Waals surface area contributed by atoms with Gasteiger partial charge in [0.2, 0.25) is 11.9 Å². The smallest absolute Gasteiger partial charge is 0.296 e. The second-order valence-corrected chi connectivity index (χ2v) is 6.03. The van der Waals surface area contributed by atoms with Gasteiger partial charge in [-0.1, -0.05) is 0 Å². The van der Waals surface area contributed by atoms with E-state index in [1.165, 1.54) is 0 Å². The molecule has 1 heterocycles. The van der Waals surface area contributed by atoms with E-state index < -0.39 is 26.1 Å². The van der Waals surface area contributed by atoms with Gasteiger partial charge in [0.15, 0.2) is 11.1 Å². The summed E-state index contributed by atoms with van der Waals surface area (Å²) in [5.41, 5.74) is 5.18. The molecule has 21 heavy (non-hydrogen) atoms. The average molecular weight is 331 g/mol. The molecule has 1 atom stereocenters. The minimum absolute atomic E-state index is 0.0769. The Morgan fingerprint density at radius 3 is 2.57 bits per heavy atom. The van der Waals surface area contributed by atoms with E-state index in [4.69, 9.17) is 14.8 Å². The third-order valence-electron chi connectivity index (χ3n) is 2.27. The number of hydrogen-bond donors (Lipinski definition) is 4. The zero-order valence-corrected chi connectivity index (χ0v) is 11.8. The molecule has 0 saturated carbocycles. The monoisotopic (exact) mass is 331 g/mol. The van der Waals surface area contributed by atoms with Crippen molar-refractivity contribution < 1.29 is 21.7 Å². The maximum atomic E-state index is 11.3. The number of nitrogens with two attached hydrogens (primary N) is 1. The van der Waals surface area contributed by atoms with Crippen LogP contribution in [0.3, 0.4) is 0 Å². The number of nitrogen functional groups attached to an aromatic ring is 1. The fourth-order valence-corrected chi connectivity index (χ4v) is 2.46. The Morgan fingerprint density at radius 1 is 1.29 bits per heavy atom. The normalized spacial score (nSPS) is 12.9. The van der Waals surface area contributed by atoms with Crippen LogP contribution in [0.2, 0.25) is 0 Å². The summed E-state index contributed by atoms with van der Waals surface area (Å²) in [6.07, 6.45) is 1.09. The summed E-state index contributed by atoms with van der Waals surface area (Å²) >= 11 is -2.33. The minimum atomic E-state index is -4.55. The van der Waals surface area contributed by atoms with Crippen LogP contribution in [0.25, 0.3) is 0 Å². The van der Waals surface area contributed by atoms with E-state index in [2.05, 4.69) is 20.3 Å². The Bertz CT molecular complexity index is 810. The van der Waals surface area contributed by atoms with Crippen LogP contribution in [0.4, 0.5) is 17.6 Å². The molecule has 0 aliphatic carbocycles. The molecule has 1 aromatic carbocycles. The van der Waals surface area contributed by atoms with Crippen LogP contribution in [0.15, 0.2) is 34.3 Å². The summed E-state index contributed by atoms with van der Waals surface area (Å²) in [7, 11) is -4.55. The minimum Gasteiger partial charge on any atom is -0.368 e. The van der Waals surface area contributed by atoms with Gasteiger partial charge in [-0.25, -0.2) is 14.2 Å². The maximum absolute atomic E-state index is 11.3. The van der Waals surface area contributed by atoms with Crippen molar-refractivity contribution in [2.75, 3.05) is 11.1 Å². The summed E-state index contributed by atoms with van der Waals surface area (Å²) in [5, 5.41) is 2.49. The molecule has 0 bridgehead atoms. The Hall–Kier alpha value is -2.15. The molecule has 10 nitrogen and oxygen atoms in total. The SMILES string of the molecule is Nc1ncnc(Nc2cc(S(=O)O)ccc2S(=O)(=O)O)n1. The first-order chi connectivity index (χ1) is 9.77. The Labute approximate surface area is 121 Å². The highest BCUT2D eigenvalue weighted by molar-refractivity contribution is 7.86. The van der Waals surface area contributed by atoms with Crippen molar-refractivity contribution in [1.29, 1.82) is 0 Å². The van der Waals surface area contributed by atoms with Crippen LogP contribution in [0.1, 0.15) is 0 Å². The van der Waals surface area contributed by atoms with Crippen LogP contribution in [-0.4, -0.2) is 36.7 Å². The third-order valence-corrected chi connectivity index (χ3v) is 3.84. The fraction of sp³-hybridized carbons (Fsp3) is 0. The van der Waals surface area contributed by atoms with Gasteiger partial charge in [-0.15, -0.1) is 0 Å². The molecule has 12 heteroatoms. The van der Waals surface area contributed by atoms with Gasteiger partial charge in [0.25, 0.3) is 10.1 Å². The zero-order chi connectivity index (χ0) is 15.6. The van der Waals surface area contributed by atoms with Crippen LogP contribution >= 0.6 is 0 Å². The highest BCUT2D eigenvalue weighted by Crippen LogP contribution is 2.26. The summed E-state index contributed by atoms with van der Waals surface area (Å²) < 4.78 is 51.8. The van der Waals surface area contributed by atoms with E-state index in [1.54, 1.807) is 0 Å². The molecular formula is C9H9N5O5S2. The molecule has 0 aliphatic rings. The second kappa shape index (κ2) is 5.69. The summed E-state index contributed by atoms with van der Waals surface area (Å²) in [6, 6.07) is 3.14. The van der Waals surface area contributed by atoms with E-state index in [0.717, 1.165) is 24.5 Å².